The molecule has 2 aromatic heterocycles. The van der Waals surface area contributed by atoms with Crippen LogP contribution in [-0.4, -0.2) is 71.1 Å². The van der Waals surface area contributed by atoms with Gasteiger partial charge in [-0.05, 0) is 6.08 Å². The van der Waals surface area contributed by atoms with Crippen molar-refractivity contribution in [2.24, 2.45) is 5.92 Å². The van der Waals surface area contributed by atoms with Crippen molar-refractivity contribution in [3.05, 3.63) is 30.6 Å². The van der Waals surface area contributed by atoms with E-state index in [1.54, 1.807) is 18.2 Å². The predicted octanol–water partition coefficient (Wildman–Crippen LogP) is 0.283. The SMILES string of the molecule is C=CC(=O)N1CC(C#N)C(Nc2cnc3[nH]cc(C(=O)NCCOC)c3n2)C1. The fourth-order valence-electron chi connectivity index (χ4n) is 3.08. The summed E-state index contributed by atoms with van der Waals surface area (Å²) < 4.78 is 4.92. The molecular weight excluding hydrogens is 362 g/mol. The van der Waals surface area contributed by atoms with E-state index in [9.17, 15) is 14.9 Å². The van der Waals surface area contributed by atoms with Gasteiger partial charge in [-0.2, -0.15) is 5.26 Å². The Labute approximate surface area is 161 Å². The fraction of sp³-hybridized carbons (Fsp3) is 0.389. The highest BCUT2D eigenvalue weighted by atomic mass is 16.5. The number of hydrogen-bond acceptors (Lipinski definition) is 7. The third kappa shape index (κ3) is 3.94. The second-order valence-corrected chi connectivity index (χ2v) is 6.34. The van der Waals surface area contributed by atoms with Gasteiger partial charge in [0, 0.05) is 32.9 Å². The minimum atomic E-state index is -0.385. The van der Waals surface area contributed by atoms with E-state index >= 15 is 0 Å². The van der Waals surface area contributed by atoms with E-state index in [1.165, 1.54) is 12.3 Å². The summed E-state index contributed by atoms with van der Waals surface area (Å²) in [4.78, 5) is 37.4. The van der Waals surface area contributed by atoms with Crippen LogP contribution in [0.15, 0.2) is 25.0 Å². The molecule has 28 heavy (non-hydrogen) atoms. The van der Waals surface area contributed by atoms with Crippen molar-refractivity contribution in [1.29, 1.82) is 5.26 Å². The number of H-pyrrole nitrogens is 1. The molecule has 2 aromatic rings. The highest BCUT2D eigenvalue weighted by Gasteiger charge is 2.35. The normalized spacial score (nSPS) is 18.6. The first kappa shape index (κ1) is 19.3. The number of nitrogens with zero attached hydrogens (tertiary/aromatic N) is 4. The Hall–Kier alpha value is -3.45. The second-order valence-electron chi connectivity index (χ2n) is 6.34. The summed E-state index contributed by atoms with van der Waals surface area (Å²) in [5.41, 5.74) is 1.27. The molecule has 0 radical (unpaired) electrons. The number of carbonyl (C=O) groups excluding carboxylic acids is 2. The Kier molecular flexibility index (Phi) is 5.86. The molecule has 0 saturated carbocycles. The van der Waals surface area contributed by atoms with Crippen LogP contribution in [0.5, 0.6) is 0 Å². The van der Waals surface area contributed by atoms with Gasteiger partial charge in [-0.3, -0.25) is 9.59 Å². The van der Waals surface area contributed by atoms with Crippen molar-refractivity contribution in [2.75, 3.05) is 38.7 Å². The summed E-state index contributed by atoms with van der Waals surface area (Å²) in [6.07, 6.45) is 4.31. The Morgan fingerprint density at radius 2 is 2.36 bits per heavy atom. The van der Waals surface area contributed by atoms with Crippen LogP contribution in [0.3, 0.4) is 0 Å². The number of nitrogens with one attached hydrogen (secondary N) is 3. The molecule has 0 spiro atoms. The first-order chi connectivity index (χ1) is 13.6. The van der Waals surface area contributed by atoms with Crippen molar-refractivity contribution in [1.82, 2.24) is 25.2 Å². The second kappa shape index (κ2) is 8.49. The molecule has 146 valence electrons. The Morgan fingerprint density at radius 3 is 3.07 bits per heavy atom. The maximum absolute atomic E-state index is 12.3. The molecule has 10 nitrogen and oxygen atoms in total. The minimum Gasteiger partial charge on any atom is -0.383 e. The van der Waals surface area contributed by atoms with E-state index in [1.807, 2.05) is 0 Å². The van der Waals surface area contributed by atoms with Crippen LogP contribution in [0.2, 0.25) is 0 Å². The summed E-state index contributed by atoms with van der Waals surface area (Å²) in [6.45, 7) is 4.95. The van der Waals surface area contributed by atoms with Crippen molar-refractivity contribution in [3.8, 4) is 6.07 Å². The lowest BCUT2D eigenvalue weighted by Gasteiger charge is -2.16. The third-order valence-electron chi connectivity index (χ3n) is 4.52. The summed E-state index contributed by atoms with van der Waals surface area (Å²) in [6, 6.07) is 1.92. The van der Waals surface area contributed by atoms with Crippen molar-refractivity contribution in [3.63, 3.8) is 0 Å². The molecule has 0 bridgehead atoms. The smallest absolute Gasteiger partial charge is 0.255 e. The van der Waals surface area contributed by atoms with Gasteiger partial charge in [-0.15, -0.1) is 0 Å². The Morgan fingerprint density at radius 1 is 1.54 bits per heavy atom. The average Bonchev–Trinajstić information content (AvgIpc) is 3.31. The van der Waals surface area contributed by atoms with Crippen LogP contribution in [0, 0.1) is 17.2 Å². The number of carbonyl (C=O) groups is 2. The van der Waals surface area contributed by atoms with E-state index in [4.69, 9.17) is 4.74 Å². The van der Waals surface area contributed by atoms with Gasteiger partial charge in [0.15, 0.2) is 5.65 Å². The lowest BCUT2D eigenvalue weighted by Crippen LogP contribution is -2.31. The summed E-state index contributed by atoms with van der Waals surface area (Å²) >= 11 is 0. The zero-order chi connectivity index (χ0) is 20.1. The molecule has 2 unspecified atom stereocenters. The number of aromatic amines is 1. The van der Waals surface area contributed by atoms with E-state index < -0.39 is 0 Å². The third-order valence-corrected chi connectivity index (χ3v) is 4.52. The zero-order valence-electron chi connectivity index (χ0n) is 15.4. The van der Waals surface area contributed by atoms with Crippen LogP contribution in [0.25, 0.3) is 11.2 Å². The van der Waals surface area contributed by atoms with E-state index in [-0.39, 0.29) is 23.8 Å². The van der Waals surface area contributed by atoms with Crippen LogP contribution >= 0.6 is 0 Å². The number of hydrogen-bond donors (Lipinski definition) is 3. The molecule has 3 rings (SSSR count). The van der Waals surface area contributed by atoms with Gasteiger partial charge in [0.1, 0.15) is 11.3 Å². The Bertz CT molecular complexity index is 933. The summed E-state index contributed by atoms with van der Waals surface area (Å²) in [5.74, 6) is -0.458. The molecular formula is C18H21N7O3. The maximum atomic E-state index is 12.3. The first-order valence-corrected chi connectivity index (χ1v) is 8.76. The molecule has 1 aliphatic heterocycles. The van der Waals surface area contributed by atoms with Crippen molar-refractivity contribution in [2.45, 2.75) is 6.04 Å². The van der Waals surface area contributed by atoms with Crippen LogP contribution in [0.1, 0.15) is 10.4 Å². The molecule has 10 heteroatoms. The van der Waals surface area contributed by atoms with Gasteiger partial charge in [0.25, 0.3) is 5.91 Å². The van der Waals surface area contributed by atoms with Gasteiger partial charge in [0.05, 0.1) is 36.4 Å². The number of fused-ring (bicyclic) bond motifs is 1. The van der Waals surface area contributed by atoms with Crippen LogP contribution < -0.4 is 10.6 Å². The highest BCUT2D eigenvalue weighted by molar-refractivity contribution is 6.04. The van der Waals surface area contributed by atoms with E-state index in [0.717, 1.165) is 0 Å². The molecule has 2 atom stereocenters. The van der Waals surface area contributed by atoms with E-state index in [0.29, 0.717) is 48.8 Å². The monoisotopic (exact) mass is 383 g/mol. The lowest BCUT2D eigenvalue weighted by molar-refractivity contribution is -0.125. The number of methoxy groups -OCH3 is 1. The maximum Gasteiger partial charge on any atom is 0.255 e. The van der Waals surface area contributed by atoms with Crippen LogP contribution in [-0.2, 0) is 9.53 Å². The van der Waals surface area contributed by atoms with Gasteiger partial charge < -0.3 is 25.3 Å². The molecule has 1 fully saturated rings. The van der Waals surface area contributed by atoms with Crippen molar-refractivity contribution < 1.29 is 14.3 Å². The minimum absolute atomic E-state index is 0.216. The number of likely N-dealkylation sites (tertiary alicyclic amines) is 1. The number of ether oxygens (including phenoxy) is 1. The van der Waals surface area contributed by atoms with Crippen molar-refractivity contribution >= 4 is 28.8 Å². The topological polar surface area (TPSA) is 136 Å². The number of rotatable bonds is 7. The molecule has 1 aliphatic rings. The van der Waals surface area contributed by atoms with Gasteiger partial charge >= 0.3 is 0 Å². The standard InChI is InChI=1S/C18H21N7O3/c1-3-15(26)25-9-11(6-19)13(10-25)23-14-8-22-17-16(24-14)12(7-21-17)18(27)20-4-5-28-2/h3,7-8,11,13H,1,4-5,9-10H2,2H3,(H,20,27)(H,21,22)(H,23,24). The number of aromatic nitrogens is 3. The average molecular weight is 383 g/mol. The zero-order valence-corrected chi connectivity index (χ0v) is 15.4. The molecule has 0 aliphatic carbocycles. The molecule has 2 amide bonds. The summed E-state index contributed by atoms with van der Waals surface area (Å²) in [7, 11) is 1.56. The van der Waals surface area contributed by atoms with Crippen LogP contribution in [0.4, 0.5) is 5.82 Å². The highest BCUT2D eigenvalue weighted by Crippen LogP contribution is 2.22. The predicted molar refractivity (Wildman–Crippen MR) is 101 cm³/mol. The first-order valence-electron chi connectivity index (χ1n) is 8.76. The number of nitriles is 1. The lowest BCUT2D eigenvalue weighted by atomic mass is 10.1. The molecule has 3 N–H and O–H groups in total. The van der Waals surface area contributed by atoms with Gasteiger partial charge in [0.2, 0.25) is 5.91 Å². The Balaban J connectivity index is 1.77. The quantitative estimate of drug-likeness (QED) is 0.461. The fourth-order valence-corrected chi connectivity index (χ4v) is 3.08. The van der Waals surface area contributed by atoms with Gasteiger partial charge in [-0.25, -0.2) is 9.97 Å². The number of anilines is 1. The number of amides is 2. The molecule has 0 aromatic carbocycles. The largest absolute Gasteiger partial charge is 0.383 e. The van der Waals surface area contributed by atoms with E-state index in [2.05, 4.69) is 38.2 Å². The van der Waals surface area contributed by atoms with Gasteiger partial charge in [-0.1, -0.05) is 6.58 Å². The molecule has 3 heterocycles. The molecule has 1 saturated heterocycles. The summed E-state index contributed by atoms with van der Waals surface area (Å²) in [5, 5.41) is 15.3.